The first-order valence-corrected chi connectivity index (χ1v) is 10.3. The van der Waals surface area contributed by atoms with Crippen LogP contribution in [0, 0.1) is 0 Å². The molecule has 2 aliphatic rings. The Bertz CT molecular complexity index is 1250. The quantitative estimate of drug-likeness (QED) is 0.641. The van der Waals surface area contributed by atoms with Crippen molar-refractivity contribution >= 4 is 28.5 Å². The van der Waals surface area contributed by atoms with E-state index in [2.05, 4.69) is 14.3 Å². The van der Waals surface area contributed by atoms with Gasteiger partial charge in [-0.2, -0.15) is 4.37 Å². The predicted octanol–water partition coefficient (Wildman–Crippen LogP) is 0.370. The van der Waals surface area contributed by atoms with E-state index in [1.165, 1.54) is 7.05 Å². The number of carbonyl (C=O) groups is 1. The fourth-order valence-electron chi connectivity index (χ4n) is 3.69. The number of ether oxygens (including phenoxy) is 2. The number of nitrogens with one attached hydrogen (secondary N) is 1. The van der Waals surface area contributed by atoms with E-state index in [0.717, 1.165) is 52.8 Å². The van der Waals surface area contributed by atoms with Crippen molar-refractivity contribution in [3.8, 4) is 11.5 Å². The van der Waals surface area contributed by atoms with Gasteiger partial charge in [-0.25, -0.2) is 4.79 Å². The number of aromatic amines is 1. The SMILES string of the molecule is Cn1c(=O)[nH]c2c(C(=O)N3CCN(Cc4ccc5c(c4)OCO5)CC3)snc2c1=O. The number of hydrogen-bond donors (Lipinski definition) is 1. The summed E-state index contributed by atoms with van der Waals surface area (Å²) < 4.78 is 15.8. The van der Waals surface area contributed by atoms with Crippen molar-refractivity contribution in [2.75, 3.05) is 33.0 Å². The molecule has 5 rings (SSSR count). The molecule has 0 atom stereocenters. The van der Waals surface area contributed by atoms with Gasteiger partial charge in [0.25, 0.3) is 11.5 Å². The molecule has 0 radical (unpaired) electrons. The van der Waals surface area contributed by atoms with E-state index < -0.39 is 11.2 Å². The van der Waals surface area contributed by atoms with Crippen molar-refractivity contribution in [1.29, 1.82) is 0 Å². The monoisotopic (exact) mass is 429 g/mol. The molecule has 11 heteroatoms. The molecule has 0 saturated carbocycles. The van der Waals surface area contributed by atoms with Crippen LogP contribution >= 0.6 is 11.5 Å². The Hall–Kier alpha value is -3.18. The zero-order chi connectivity index (χ0) is 20.8. The van der Waals surface area contributed by atoms with Gasteiger partial charge in [-0.3, -0.25) is 19.1 Å². The van der Waals surface area contributed by atoms with Crippen molar-refractivity contribution in [3.05, 3.63) is 49.5 Å². The first kappa shape index (κ1) is 18.8. The van der Waals surface area contributed by atoms with Gasteiger partial charge < -0.3 is 19.4 Å². The number of hydrogen-bond acceptors (Lipinski definition) is 8. The normalized spacial score (nSPS) is 16.4. The molecule has 0 bridgehead atoms. The molecular formula is C19H19N5O5S. The molecule has 1 N–H and O–H groups in total. The third-order valence-electron chi connectivity index (χ3n) is 5.43. The maximum atomic E-state index is 13.0. The third-order valence-corrected chi connectivity index (χ3v) is 6.27. The summed E-state index contributed by atoms with van der Waals surface area (Å²) in [7, 11) is 1.38. The van der Waals surface area contributed by atoms with E-state index in [-0.39, 0.29) is 23.7 Å². The van der Waals surface area contributed by atoms with Gasteiger partial charge in [-0.15, -0.1) is 0 Å². The molecule has 1 fully saturated rings. The molecular weight excluding hydrogens is 410 g/mol. The molecule has 30 heavy (non-hydrogen) atoms. The van der Waals surface area contributed by atoms with Gasteiger partial charge in [0.05, 0.1) is 5.52 Å². The first-order chi connectivity index (χ1) is 14.5. The van der Waals surface area contributed by atoms with Crippen molar-refractivity contribution in [2.45, 2.75) is 6.54 Å². The second-order valence-electron chi connectivity index (χ2n) is 7.29. The molecule has 156 valence electrons. The number of carbonyl (C=O) groups excluding carboxylic acids is 1. The van der Waals surface area contributed by atoms with Gasteiger partial charge in [0.2, 0.25) is 6.79 Å². The molecule has 3 aromatic rings. The Labute approximate surface area is 174 Å². The average Bonchev–Trinajstić information content (AvgIpc) is 3.39. The summed E-state index contributed by atoms with van der Waals surface area (Å²) >= 11 is 0.947. The highest BCUT2D eigenvalue weighted by Crippen LogP contribution is 2.33. The largest absolute Gasteiger partial charge is 0.454 e. The molecule has 0 unspecified atom stereocenters. The molecule has 1 amide bonds. The molecule has 4 heterocycles. The van der Waals surface area contributed by atoms with Gasteiger partial charge in [0, 0.05) is 39.8 Å². The predicted molar refractivity (Wildman–Crippen MR) is 109 cm³/mol. The Morgan fingerprint density at radius 3 is 2.73 bits per heavy atom. The van der Waals surface area contributed by atoms with Crippen LogP contribution in [0.3, 0.4) is 0 Å². The van der Waals surface area contributed by atoms with Crippen molar-refractivity contribution in [3.63, 3.8) is 0 Å². The van der Waals surface area contributed by atoms with E-state index in [1.807, 2.05) is 18.2 Å². The van der Waals surface area contributed by atoms with Crippen LogP contribution in [0.2, 0.25) is 0 Å². The van der Waals surface area contributed by atoms with Crippen LogP contribution in [0.25, 0.3) is 11.0 Å². The van der Waals surface area contributed by atoms with Crippen molar-refractivity contribution < 1.29 is 14.3 Å². The summed E-state index contributed by atoms with van der Waals surface area (Å²) in [5.41, 5.74) is 0.404. The minimum absolute atomic E-state index is 0.117. The average molecular weight is 429 g/mol. The van der Waals surface area contributed by atoms with Crippen LogP contribution in [-0.4, -0.2) is 62.6 Å². The standard InChI is InChI=1S/C19H19N5O5S/c1-22-17(25)15-14(20-19(22)27)16(30-21-15)18(26)24-6-4-23(5-7-24)9-11-2-3-12-13(8-11)29-10-28-12/h2-3,8H,4-7,9-10H2,1H3,(H,20,27). The molecule has 1 saturated heterocycles. The minimum atomic E-state index is -0.560. The Morgan fingerprint density at radius 1 is 1.17 bits per heavy atom. The second kappa shape index (κ2) is 7.26. The van der Waals surface area contributed by atoms with Crippen molar-refractivity contribution in [1.82, 2.24) is 23.7 Å². The van der Waals surface area contributed by atoms with Crippen LogP contribution < -0.4 is 20.7 Å². The first-order valence-electron chi connectivity index (χ1n) is 9.50. The van der Waals surface area contributed by atoms with Gasteiger partial charge in [0.1, 0.15) is 4.88 Å². The Morgan fingerprint density at radius 2 is 1.93 bits per heavy atom. The number of benzene rings is 1. The van der Waals surface area contributed by atoms with Gasteiger partial charge in [-0.1, -0.05) is 6.07 Å². The molecule has 1 aromatic carbocycles. The van der Waals surface area contributed by atoms with E-state index in [0.29, 0.717) is 18.0 Å². The maximum Gasteiger partial charge on any atom is 0.328 e. The van der Waals surface area contributed by atoms with Crippen molar-refractivity contribution in [2.24, 2.45) is 7.05 Å². The summed E-state index contributed by atoms with van der Waals surface area (Å²) in [6, 6.07) is 5.92. The lowest BCUT2D eigenvalue weighted by molar-refractivity contribution is 0.0634. The molecule has 2 aromatic heterocycles. The highest BCUT2D eigenvalue weighted by molar-refractivity contribution is 7.09. The summed E-state index contributed by atoms with van der Waals surface area (Å²) in [5, 5.41) is 0. The minimum Gasteiger partial charge on any atom is -0.454 e. The Balaban J connectivity index is 1.28. The van der Waals surface area contributed by atoms with Crippen LogP contribution in [0.5, 0.6) is 11.5 Å². The molecule has 0 spiro atoms. The number of amides is 1. The second-order valence-corrected chi connectivity index (χ2v) is 8.06. The summed E-state index contributed by atoms with van der Waals surface area (Å²) in [4.78, 5) is 44.0. The number of fused-ring (bicyclic) bond motifs is 2. The summed E-state index contributed by atoms with van der Waals surface area (Å²) in [6.45, 7) is 3.55. The number of aromatic nitrogens is 3. The van der Waals surface area contributed by atoms with Gasteiger partial charge in [-0.05, 0) is 29.2 Å². The van der Waals surface area contributed by atoms with E-state index in [9.17, 15) is 14.4 Å². The van der Waals surface area contributed by atoms with Gasteiger partial charge >= 0.3 is 5.69 Å². The summed E-state index contributed by atoms with van der Waals surface area (Å²) in [6.07, 6.45) is 0. The number of rotatable bonds is 3. The van der Waals surface area contributed by atoms with E-state index in [4.69, 9.17) is 9.47 Å². The zero-order valence-electron chi connectivity index (χ0n) is 16.2. The molecule has 2 aliphatic heterocycles. The summed E-state index contributed by atoms with van der Waals surface area (Å²) in [5.74, 6) is 1.31. The highest BCUT2D eigenvalue weighted by atomic mass is 32.1. The lowest BCUT2D eigenvalue weighted by Gasteiger charge is -2.34. The highest BCUT2D eigenvalue weighted by Gasteiger charge is 2.27. The lowest BCUT2D eigenvalue weighted by Crippen LogP contribution is -2.48. The fraction of sp³-hybridized carbons (Fsp3) is 0.368. The third kappa shape index (κ3) is 3.15. The number of H-pyrrole nitrogens is 1. The molecule has 0 aliphatic carbocycles. The van der Waals surface area contributed by atoms with Crippen LogP contribution in [0.1, 0.15) is 15.2 Å². The topological polar surface area (TPSA) is 110 Å². The van der Waals surface area contributed by atoms with Gasteiger partial charge in [0.15, 0.2) is 17.0 Å². The maximum absolute atomic E-state index is 13.0. The van der Waals surface area contributed by atoms with Crippen LogP contribution in [0.15, 0.2) is 27.8 Å². The zero-order valence-corrected chi connectivity index (χ0v) is 17.0. The fourth-order valence-corrected chi connectivity index (χ4v) is 4.49. The van der Waals surface area contributed by atoms with Crippen LogP contribution in [-0.2, 0) is 13.6 Å². The number of nitrogens with zero attached hydrogens (tertiary/aromatic N) is 4. The number of piperazine rings is 1. The van der Waals surface area contributed by atoms with Crippen LogP contribution in [0.4, 0.5) is 0 Å². The lowest BCUT2D eigenvalue weighted by atomic mass is 10.1. The molecule has 10 nitrogen and oxygen atoms in total. The van der Waals surface area contributed by atoms with E-state index >= 15 is 0 Å². The smallest absolute Gasteiger partial charge is 0.328 e. The van der Waals surface area contributed by atoms with E-state index in [1.54, 1.807) is 4.90 Å². The Kier molecular flexibility index (Phi) is 4.55.